The van der Waals surface area contributed by atoms with E-state index >= 15 is 0 Å². The lowest BCUT2D eigenvalue weighted by Crippen LogP contribution is -2.23. The van der Waals surface area contributed by atoms with E-state index in [1.165, 1.54) is 11.1 Å². The predicted molar refractivity (Wildman–Crippen MR) is 99.1 cm³/mol. The Kier molecular flexibility index (Phi) is 4.15. The molecule has 3 heterocycles. The third kappa shape index (κ3) is 2.99. The van der Waals surface area contributed by atoms with Crippen molar-refractivity contribution in [3.05, 3.63) is 69.5 Å². The Morgan fingerprint density at radius 2 is 2.12 bits per heavy atom. The van der Waals surface area contributed by atoms with Gasteiger partial charge in [0, 0.05) is 42.6 Å². The Labute approximate surface area is 150 Å². The number of amides is 1. The number of thiazole rings is 1. The molecule has 5 nitrogen and oxygen atoms in total. The van der Waals surface area contributed by atoms with Gasteiger partial charge in [-0.2, -0.15) is 0 Å². The van der Waals surface area contributed by atoms with Crippen molar-refractivity contribution in [2.24, 2.45) is 0 Å². The summed E-state index contributed by atoms with van der Waals surface area (Å²) in [5, 5.41) is 9.21. The van der Waals surface area contributed by atoms with Crippen LogP contribution in [0, 0.1) is 13.8 Å². The molecule has 25 heavy (non-hydrogen) atoms. The number of carbonyl (C=O) groups excluding carboxylic acids is 1. The van der Waals surface area contributed by atoms with Crippen molar-refractivity contribution in [1.29, 1.82) is 0 Å². The minimum absolute atomic E-state index is 0.0467. The summed E-state index contributed by atoms with van der Waals surface area (Å²) in [6, 6.07) is 8.34. The second-order valence-electron chi connectivity index (χ2n) is 6.32. The number of aryl methyl sites for hydroxylation is 1. The molecule has 3 aromatic rings. The van der Waals surface area contributed by atoms with Crippen molar-refractivity contribution in [1.82, 2.24) is 20.2 Å². The molecule has 1 aromatic carbocycles. The molecule has 0 saturated heterocycles. The first-order valence-electron chi connectivity index (χ1n) is 8.32. The first-order valence-corrected chi connectivity index (χ1v) is 9.20. The highest BCUT2D eigenvalue weighted by atomic mass is 32.1. The number of hydrogen-bond acceptors (Lipinski definition) is 4. The number of nitrogens with one attached hydrogen (secondary N) is 2. The van der Waals surface area contributed by atoms with Gasteiger partial charge in [0.1, 0.15) is 0 Å². The lowest BCUT2D eigenvalue weighted by Gasteiger charge is -2.08. The van der Waals surface area contributed by atoms with E-state index < -0.39 is 0 Å². The monoisotopic (exact) mass is 352 g/mol. The zero-order valence-corrected chi connectivity index (χ0v) is 15.1. The molecule has 0 fully saturated rings. The fourth-order valence-electron chi connectivity index (χ4n) is 3.35. The fourth-order valence-corrected chi connectivity index (χ4v) is 4.10. The van der Waals surface area contributed by atoms with Gasteiger partial charge in [-0.05, 0) is 36.6 Å². The zero-order valence-electron chi connectivity index (χ0n) is 14.3. The lowest BCUT2D eigenvalue weighted by molar-refractivity contribution is 0.0950. The summed E-state index contributed by atoms with van der Waals surface area (Å²) in [6.07, 6.45) is 1.78. The average Bonchev–Trinajstić information content (AvgIpc) is 3.32. The first kappa shape index (κ1) is 16.1. The van der Waals surface area contributed by atoms with Crippen molar-refractivity contribution in [3.63, 3.8) is 0 Å². The molecule has 1 aliphatic heterocycles. The predicted octanol–water partition coefficient (Wildman–Crippen LogP) is 3.08. The van der Waals surface area contributed by atoms with Crippen LogP contribution in [0.2, 0.25) is 0 Å². The summed E-state index contributed by atoms with van der Waals surface area (Å²) in [6.45, 7) is 6.34. The fraction of sp³-hybridized carbons (Fsp3) is 0.263. The Hall–Kier alpha value is -2.44. The van der Waals surface area contributed by atoms with E-state index in [2.05, 4.69) is 33.8 Å². The van der Waals surface area contributed by atoms with Crippen molar-refractivity contribution < 1.29 is 4.79 Å². The highest BCUT2D eigenvalue weighted by molar-refractivity contribution is 7.12. The molecular formula is C19H20N4OS. The van der Waals surface area contributed by atoms with Crippen LogP contribution in [0.4, 0.5) is 0 Å². The Balaban J connectivity index is 1.51. The molecular weight excluding hydrogens is 332 g/mol. The van der Waals surface area contributed by atoms with Crippen molar-refractivity contribution in [2.45, 2.75) is 33.5 Å². The van der Waals surface area contributed by atoms with E-state index in [-0.39, 0.29) is 5.91 Å². The highest BCUT2D eigenvalue weighted by Crippen LogP contribution is 2.22. The molecule has 0 atom stereocenters. The van der Waals surface area contributed by atoms with Gasteiger partial charge in [-0.3, -0.25) is 9.36 Å². The number of carbonyl (C=O) groups is 1. The number of rotatable bonds is 4. The van der Waals surface area contributed by atoms with Gasteiger partial charge in [0.05, 0.1) is 5.56 Å². The van der Waals surface area contributed by atoms with E-state index in [1.54, 1.807) is 17.5 Å². The van der Waals surface area contributed by atoms with Gasteiger partial charge in [-0.1, -0.05) is 18.2 Å². The number of benzene rings is 1. The number of hydrogen-bond donors (Lipinski definition) is 2. The molecule has 0 radical (unpaired) electrons. The van der Waals surface area contributed by atoms with Crippen LogP contribution in [0.15, 0.2) is 35.8 Å². The third-order valence-corrected chi connectivity index (χ3v) is 5.40. The molecule has 2 N–H and O–H groups in total. The summed E-state index contributed by atoms with van der Waals surface area (Å²) < 4.78 is 2.03. The van der Waals surface area contributed by atoms with Crippen molar-refractivity contribution in [2.75, 3.05) is 0 Å². The SMILES string of the molecule is Cc1cc(C(=O)NCc2ccc3c(c2)CNC3)c(C)n1-c1nccs1. The molecule has 128 valence electrons. The topological polar surface area (TPSA) is 59.0 Å². The highest BCUT2D eigenvalue weighted by Gasteiger charge is 2.18. The van der Waals surface area contributed by atoms with Crippen molar-refractivity contribution >= 4 is 17.2 Å². The summed E-state index contributed by atoms with van der Waals surface area (Å²) in [5.41, 5.74) is 6.44. The van der Waals surface area contributed by atoms with Crippen LogP contribution >= 0.6 is 11.3 Å². The summed E-state index contributed by atoms with van der Waals surface area (Å²) >= 11 is 1.57. The molecule has 0 unspecified atom stereocenters. The smallest absolute Gasteiger partial charge is 0.253 e. The molecule has 0 saturated carbocycles. The minimum atomic E-state index is -0.0467. The lowest BCUT2D eigenvalue weighted by atomic mass is 10.1. The van der Waals surface area contributed by atoms with Crippen LogP contribution in [0.25, 0.3) is 5.13 Å². The minimum Gasteiger partial charge on any atom is -0.348 e. The van der Waals surface area contributed by atoms with Gasteiger partial charge < -0.3 is 10.6 Å². The van der Waals surface area contributed by atoms with Gasteiger partial charge >= 0.3 is 0 Å². The van der Waals surface area contributed by atoms with Crippen molar-refractivity contribution in [3.8, 4) is 5.13 Å². The first-order chi connectivity index (χ1) is 12.1. The largest absolute Gasteiger partial charge is 0.348 e. The molecule has 0 spiro atoms. The molecule has 1 amide bonds. The Bertz CT molecular complexity index is 927. The zero-order chi connectivity index (χ0) is 17.4. The second-order valence-corrected chi connectivity index (χ2v) is 7.20. The Morgan fingerprint density at radius 1 is 1.28 bits per heavy atom. The van der Waals surface area contributed by atoms with Crippen LogP contribution in [-0.2, 0) is 19.6 Å². The van der Waals surface area contributed by atoms with Crippen LogP contribution in [0.5, 0.6) is 0 Å². The second kappa shape index (κ2) is 6.46. The van der Waals surface area contributed by atoms with Crippen LogP contribution in [0.3, 0.4) is 0 Å². The van der Waals surface area contributed by atoms with Gasteiger partial charge in [-0.15, -0.1) is 11.3 Å². The maximum absolute atomic E-state index is 12.7. The van der Waals surface area contributed by atoms with Gasteiger partial charge in [0.2, 0.25) is 0 Å². The summed E-state index contributed by atoms with van der Waals surface area (Å²) in [5.74, 6) is -0.0467. The maximum Gasteiger partial charge on any atom is 0.253 e. The maximum atomic E-state index is 12.7. The van der Waals surface area contributed by atoms with E-state index in [4.69, 9.17) is 0 Å². The van der Waals surface area contributed by atoms with Gasteiger partial charge in [0.25, 0.3) is 5.91 Å². The van der Waals surface area contributed by atoms with E-state index in [1.807, 2.05) is 29.9 Å². The molecule has 1 aliphatic rings. The number of aromatic nitrogens is 2. The van der Waals surface area contributed by atoms with Crippen LogP contribution < -0.4 is 10.6 Å². The molecule has 0 bridgehead atoms. The number of fused-ring (bicyclic) bond motifs is 1. The quantitative estimate of drug-likeness (QED) is 0.759. The molecule has 4 rings (SSSR count). The van der Waals surface area contributed by atoms with E-state index in [9.17, 15) is 4.79 Å². The molecule has 6 heteroatoms. The normalized spacial score (nSPS) is 13.0. The average molecular weight is 352 g/mol. The van der Waals surface area contributed by atoms with E-state index in [0.717, 1.165) is 35.2 Å². The third-order valence-electron chi connectivity index (χ3n) is 4.64. The van der Waals surface area contributed by atoms with Gasteiger partial charge in [-0.25, -0.2) is 4.98 Å². The molecule has 0 aliphatic carbocycles. The Morgan fingerprint density at radius 3 is 2.92 bits per heavy atom. The van der Waals surface area contributed by atoms with Crippen LogP contribution in [-0.4, -0.2) is 15.5 Å². The molecule has 2 aromatic heterocycles. The van der Waals surface area contributed by atoms with Gasteiger partial charge in [0.15, 0.2) is 5.13 Å². The summed E-state index contributed by atoms with van der Waals surface area (Å²) in [4.78, 5) is 17.0. The standard InChI is InChI=1S/C19H20N4OS/c1-12-7-17(13(2)23(12)19-21-5-6-25-19)18(24)22-9-14-3-4-15-10-20-11-16(15)8-14/h3-8,20H,9-11H2,1-2H3,(H,22,24). The van der Waals surface area contributed by atoms with Crippen LogP contribution in [0.1, 0.15) is 38.4 Å². The number of nitrogens with zero attached hydrogens (tertiary/aromatic N) is 2. The summed E-state index contributed by atoms with van der Waals surface area (Å²) in [7, 11) is 0. The van der Waals surface area contributed by atoms with E-state index in [0.29, 0.717) is 12.1 Å².